The van der Waals surface area contributed by atoms with Crippen molar-refractivity contribution in [2.75, 3.05) is 20.3 Å². The van der Waals surface area contributed by atoms with Gasteiger partial charge in [0.05, 0.1) is 35.6 Å². The Balaban J connectivity index is 1.56. The van der Waals surface area contributed by atoms with Gasteiger partial charge in [-0.3, -0.25) is 0 Å². The Morgan fingerprint density at radius 3 is 2.34 bits per heavy atom. The Hall–Kier alpha value is -4.75. The first-order valence-electron chi connectivity index (χ1n) is 13.8. The van der Waals surface area contributed by atoms with Crippen LogP contribution in [0, 0.1) is 5.82 Å². The van der Waals surface area contributed by atoms with E-state index in [1.165, 1.54) is 19.2 Å². The molecule has 0 atom stereocenters. The molecule has 0 radical (unpaired) electrons. The molecule has 0 saturated carbocycles. The Labute approximate surface area is 236 Å². The van der Waals surface area contributed by atoms with Gasteiger partial charge in [-0.25, -0.2) is 13.9 Å². The Morgan fingerprint density at radius 1 is 0.902 bits per heavy atom. The Kier molecular flexibility index (Phi) is 6.36. The first-order chi connectivity index (χ1) is 20.1. The molecule has 6 aromatic rings. The molecule has 4 aromatic carbocycles. The molecule has 7 rings (SSSR count). The van der Waals surface area contributed by atoms with Crippen molar-refractivity contribution in [3.8, 4) is 22.5 Å². The van der Waals surface area contributed by atoms with E-state index in [0.29, 0.717) is 18.8 Å². The predicted octanol–water partition coefficient (Wildman–Crippen LogP) is 7.46. The minimum Gasteiger partial charge on any atom is -0.465 e. The molecule has 0 N–H and O–H groups in total. The van der Waals surface area contributed by atoms with Gasteiger partial charge in [0.2, 0.25) is 0 Å². The summed E-state index contributed by atoms with van der Waals surface area (Å²) in [5.41, 5.74) is 7.63. The normalized spacial score (nSPS) is 14.1. The number of fused-ring (bicyclic) bond motifs is 2. The highest BCUT2D eigenvalue weighted by molar-refractivity contribution is 6.06. The first kappa shape index (κ1) is 25.2. The third-order valence-electron chi connectivity index (χ3n) is 7.98. The quantitative estimate of drug-likeness (QED) is 0.211. The average Bonchev–Trinajstić information content (AvgIpc) is 3.59. The molecule has 0 amide bonds. The van der Waals surface area contributed by atoms with Crippen LogP contribution in [0.3, 0.4) is 0 Å². The summed E-state index contributed by atoms with van der Waals surface area (Å²) in [6.07, 6.45) is 3.65. The van der Waals surface area contributed by atoms with Crippen molar-refractivity contribution in [1.82, 2.24) is 14.3 Å². The standard InChI is InChI=1S/C34H28FN3O3/c1-40-34(39)24-9-7-22(8-10-24)32-29-20-30-25(21-36-38(30)28-5-3-2-4-6-28)19-31(29)37(27-13-11-26(35)12-14-27)33(32)23-15-17-41-18-16-23/h2-14,19-21,23H,15-18H2,1H3. The van der Waals surface area contributed by atoms with Crippen molar-refractivity contribution in [3.63, 3.8) is 0 Å². The average molecular weight is 546 g/mol. The van der Waals surface area contributed by atoms with Crippen LogP contribution in [0.2, 0.25) is 0 Å². The van der Waals surface area contributed by atoms with Crippen LogP contribution in [0.1, 0.15) is 34.8 Å². The molecular formula is C34H28FN3O3. The smallest absolute Gasteiger partial charge is 0.337 e. The zero-order valence-corrected chi connectivity index (χ0v) is 22.6. The van der Waals surface area contributed by atoms with Gasteiger partial charge < -0.3 is 14.0 Å². The number of aromatic nitrogens is 3. The van der Waals surface area contributed by atoms with Crippen LogP contribution in [0.5, 0.6) is 0 Å². The van der Waals surface area contributed by atoms with Gasteiger partial charge in [-0.1, -0.05) is 30.3 Å². The third kappa shape index (κ3) is 4.39. The molecule has 0 unspecified atom stereocenters. The number of carbonyl (C=O) groups excluding carboxylic acids is 1. The Bertz CT molecular complexity index is 1870. The van der Waals surface area contributed by atoms with Gasteiger partial charge in [0.1, 0.15) is 5.82 Å². The highest BCUT2D eigenvalue weighted by Crippen LogP contribution is 2.45. The highest BCUT2D eigenvalue weighted by Gasteiger charge is 2.28. The molecule has 0 aliphatic carbocycles. The molecule has 204 valence electrons. The molecule has 2 aromatic heterocycles. The van der Waals surface area contributed by atoms with Crippen LogP contribution in [0.15, 0.2) is 97.2 Å². The summed E-state index contributed by atoms with van der Waals surface area (Å²) in [7, 11) is 1.39. The largest absolute Gasteiger partial charge is 0.465 e. The van der Waals surface area contributed by atoms with E-state index in [0.717, 1.165) is 62.8 Å². The van der Waals surface area contributed by atoms with E-state index in [-0.39, 0.29) is 17.7 Å². The summed E-state index contributed by atoms with van der Waals surface area (Å²) in [6, 6.07) is 28.7. The predicted molar refractivity (Wildman–Crippen MR) is 157 cm³/mol. The van der Waals surface area contributed by atoms with E-state index in [2.05, 4.69) is 16.7 Å². The number of benzene rings is 4. The SMILES string of the molecule is COC(=O)c1ccc(-c2c(C3CCOCC3)n(-c3ccc(F)cc3)c3cc4cnn(-c5ccccc5)c4cc23)cc1. The van der Waals surface area contributed by atoms with Crippen molar-refractivity contribution < 1.29 is 18.7 Å². The fourth-order valence-electron chi connectivity index (χ4n) is 6.02. The number of rotatable bonds is 5. The number of ether oxygens (including phenoxy) is 2. The van der Waals surface area contributed by atoms with Crippen molar-refractivity contribution >= 4 is 27.8 Å². The monoisotopic (exact) mass is 545 g/mol. The molecule has 7 heteroatoms. The number of halogens is 1. The number of nitrogens with zero attached hydrogens (tertiary/aromatic N) is 3. The van der Waals surface area contributed by atoms with Gasteiger partial charge in [0.25, 0.3) is 0 Å². The summed E-state index contributed by atoms with van der Waals surface area (Å²) in [5, 5.41) is 6.80. The van der Waals surface area contributed by atoms with Gasteiger partial charge in [-0.2, -0.15) is 5.10 Å². The van der Waals surface area contributed by atoms with E-state index in [9.17, 15) is 9.18 Å². The van der Waals surface area contributed by atoms with Gasteiger partial charge in [-0.15, -0.1) is 0 Å². The second kappa shape index (κ2) is 10.3. The fourth-order valence-corrected chi connectivity index (χ4v) is 6.02. The summed E-state index contributed by atoms with van der Waals surface area (Å²) < 4.78 is 29.0. The summed E-state index contributed by atoms with van der Waals surface area (Å²) in [4.78, 5) is 12.2. The zero-order chi connectivity index (χ0) is 27.9. The molecule has 1 saturated heterocycles. The maximum Gasteiger partial charge on any atom is 0.337 e. The van der Waals surface area contributed by atoms with Crippen LogP contribution >= 0.6 is 0 Å². The zero-order valence-electron chi connectivity index (χ0n) is 22.6. The number of hydrogen-bond acceptors (Lipinski definition) is 4. The molecule has 3 heterocycles. The van der Waals surface area contributed by atoms with Crippen LogP contribution in [-0.2, 0) is 9.47 Å². The number of carbonyl (C=O) groups is 1. The van der Waals surface area contributed by atoms with Crippen LogP contribution < -0.4 is 0 Å². The Morgan fingerprint density at radius 2 is 1.63 bits per heavy atom. The molecule has 0 spiro atoms. The van der Waals surface area contributed by atoms with Crippen LogP contribution in [0.25, 0.3) is 44.3 Å². The number of methoxy groups -OCH3 is 1. The lowest BCUT2D eigenvalue weighted by Gasteiger charge is -2.26. The number of para-hydroxylation sites is 1. The van der Waals surface area contributed by atoms with E-state index in [1.54, 1.807) is 0 Å². The topological polar surface area (TPSA) is 58.3 Å². The molecule has 41 heavy (non-hydrogen) atoms. The summed E-state index contributed by atoms with van der Waals surface area (Å²) in [6.45, 7) is 1.36. The third-order valence-corrected chi connectivity index (χ3v) is 7.98. The molecule has 1 aliphatic heterocycles. The second-order valence-electron chi connectivity index (χ2n) is 10.3. The van der Waals surface area contributed by atoms with Gasteiger partial charge in [0.15, 0.2) is 0 Å². The van der Waals surface area contributed by atoms with E-state index >= 15 is 0 Å². The lowest BCUT2D eigenvalue weighted by molar-refractivity contribution is 0.0600. The molecule has 1 fully saturated rings. The van der Waals surface area contributed by atoms with Crippen molar-refractivity contribution in [2.24, 2.45) is 0 Å². The molecule has 0 bridgehead atoms. The number of hydrogen-bond donors (Lipinski definition) is 0. The van der Waals surface area contributed by atoms with E-state index < -0.39 is 0 Å². The van der Waals surface area contributed by atoms with Crippen molar-refractivity contribution in [1.29, 1.82) is 0 Å². The first-order valence-corrected chi connectivity index (χ1v) is 13.8. The lowest BCUT2D eigenvalue weighted by Crippen LogP contribution is -2.17. The summed E-state index contributed by atoms with van der Waals surface area (Å²) in [5.74, 6) is -0.420. The summed E-state index contributed by atoms with van der Waals surface area (Å²) >= 11 is 0. The maximum atomic E-state index is 14.1. The van der Waals surface area contributed by atoms with Crippen LogP contribution in [0.4, 0.5) is 4.39 Å². The number of esters is 1. The fraction of sp³-hybridized carbons (Fsp3) is 0.176. The molecule has 1 aliphatic rings. The maximum absolute atomic E-state index is 14.1. The molecular weight excluding hydrogens is 517 g/mol. The minimum atomic E-state index is -0.372. The van der Waals surface area contributed by atoms with Gasteiger partial charge in [-0.05, 0) is 79.1 Å². The van der Waals surface area contributed by atoms with Gasteiger partial charge in [0, 0.05) is 46.8 Å². The molecule has 6 nitrogen and oxygen atoms in total. The van der Waals surface area contributed by atoms with Crippen LogP contribution in [-0.4, -0.2) is 40.6 Å². The van der Waals surface area contributed by atoms with E-state index in [4.69, 9.17) is 14.6 Å². The van der Waals surface area contributed by atoms with E-state index in [1.807, 2.05) is 77.6 Å². The highest BCUT2D eigenvalue weighted by atomic mass is 19.1. The van der Waals surface area contributed by atoms with Crippen molar-refractivity contribution in [3.05, 3.63) is 114 Å². The minimum absolute atomic E-state index is 0.227. The lowest BCUT2D eigenvalue weighted by atomic mass is 9.89. The second-order valence-corrected chi connectivity index (χ2v) is 10.3. The van der Waals surface area contributed by atoms with Crippen molar-refractivity contribution in [2.45, 2.75) is 18.8 Å². The van der Waals surface area contributed by atoms with Gasteiger partial charge >= 0.3 is 5.97 Å².